The molecule has 2 N–H and O–H groups in total. The van der Waals surface area contributed by atoms with Gasteiger partial charge in [-0.25, -0.2) is 0 Å². The molecule has 0 radical (unpaired) electrons. The van der Waals surface area contributed by atoms with Crippen LogP contribution < -0.4 is 5.73 Å². The van der Waals surface area contributed by atoms with Crippen LogP contribution in [0.1, 0.15) is 32.3 Å². The molecule has 0 aromatic heterocycles. The van der Waals surface area contributed by atoms with Gasteiger partial charge in [0.05, 0.1) is 5.75 Å². The number of likely N-dealkylation sites (tertiary alicyclic amines) is 1. The lowest BCUT2D eigenvalue weighted by molar-refractivity contribution is -0.127. The normalized spacial score (nSPS) is 22.0. The molecule has 0 aliphatic carbocycles. The second-order valence-electron chi connectivity index (χ2n) is 6.38. The molecular weight excluding hydrogens is 304 g/mol. The predicted molar refractivity (Wildman–Crippen MR) is 93.2 cm³/mol. The van der Waals surface area contributed by atoms with Gasteiger partial charge in [-0.2, -0.15) is 0 Å². The molecule has 118 valence electrons. The van der Waals surface area contributed by atoms with Gasteiger partial charge < -0.3 is 10.6 Å². The van der Waals surface area contributed by atoms with Gasteiger partial charge in [-0.15, -0.1) is 24.2 Å². The van der Waals surface area contributed by atoms with Gasteiger partial charge in [-0.3, -0.25) is 4.79 Å². The largest absolute Gasteiger partial charge is 0.340 e. The van der Waals surface area contributed by atoms with Crippen LogP contribution in [0.25, 0.3) is 0 Å². The number of benzene rings is 1. The van der Waals surface area contributed by atoms with Crippen LogP contribution in [0.3, 0.4) is 0 Å². The number of carbonyl (C=O) groups is 1. The molecular formula is C16H25ClN2OS. The van der Waals surface area contributed by atoms with Crippen LogP contribution in [0.2, 0.25) is 0 Å². The van der Waals surface area contributed by atoms with E-state index in [1.165, 1.54) is 5.56 Å². The Balaban J connectivity index is 0.00000220. The van der Waals surface area contributed by atoms with Crippen molar-refractivity contribution in [1.82, 2.24) is 4.90 Å². The first kappa shape index (κ1) is 18.3. The maximum Gasteiger partial charge on any atom is 0.232 e. The summed E-state index contributed by atoms with van der Waals surface area (Å²) in [5, 5.41) is 0. The zero-order valence-corrected chi connectivity index (χ0v) is 14.5. The molecule has 1 heterocycles. The Kier molecular flexibility index (Phi) is 6.57. The third-order valence-electron chi connectivity index (χ3n) is 3.57. The summed E-state index contributed by atoms with van der Waals surface area (Å²) in [5.41, 5.74) is 7.46. The van der Waals surface area contributed by atoms with Gasteiger partial charge in [-0.05, 0) is 5.56 Å². The topological polar surface area (TPSA) is 46.3 Å². The zero-order chi connectivity index (χ0) is 14.8. The minimum absolute atomic E-state index is 0. The molecule has 1 aliphatic rings. The third kappa shape index (κ3) is 5.20. The predicted octanol–water partition coefficient (Wildman–Crippen LogP) is 2.89. The fourth-order valence-electron chi connectivity index (χ4n) is 2.46. The quantitative estimate of drug-likeness (QED) is 0.928. The molecule has 0 bridgehead atoms. The first-order valence-electron chi connectivity index (χ1n) is 7.09. The van der Waals surface area contributed by atoms with Gasteiger partial charge in [0, 0.05) is 29.8 Å². The van der Waals surface area contributed by atoms with Crippen molar-refractivity contribution >= 4 is 30.1 Å². The van der Waals surface area contributed by atoms with Crippen LogP contribution in [0.15, 0.2) is 30.3 Å². The molecule has 1 amide bonds. The van der Waals surface area contributed by atoms with Crippen molar-refractivity contribution in [3.8, 4) is 0 Å². The molecule has 0 saturated carbocycles. The van der Waals surface area contributed by atoms with E-state index in [0.29, 0.717) is 12.3 Å². The van der Waals surface area contributed by atoms with Crippen molar-refractivity contribution in [3.05, 3.63) is 35.9 Å². The summed E-state index contributed by atoms with van der Waals surface area (Å²) in [4.78, 5) is 14.2. The summed E-state index contributed by atoms with van der Waals surface area (Å²) < 4.78 is 0.121. The van der Waals surface area contributed by atoms with Gasteiger partial charge in [0.1, 0.15) is 0 Å². The number of halogens is 1. The van der Waals surface area contributed by atoms with E-state index in [1.54, 1.807) is 11.8 Å². The summed E-state index contributed by atoms with van der Waals surface area (Å²) in [6, 6.07) is 10.3. The number of carbonyl (C=O) groups excluding carboxylic acids is 1. The maximum atomic E-state index is 12.3. The molecule has 1 fully saturated rings. The maximum absolute atomic E-state index is 12.3. The van der Waals surface area contributed by atoms with Crippen molar-refractivity contribution in [2.45, 2.75) is 37.5 Å². The highest BCUT2D eigenvalue weighted by molar-refractivity contribution is 8.01. The molecule has 2 atom stereocenters. The average molecular weight is 329 g/mol. The number of rotatable bonds is 3. The Bertz CT molecular complexity index is 461. The summed E-state index contributed by atoms with van der Waals surface area (Å²) >= 11 is 1.69. The van der Waals surface area contributed by atoms with Crippen molar-refractivity contribution in [2.75, 3.05) is 18.8 Å². The Morgan fingerprint density at radius 3 is 2.48 bits per heavy atom. The van der Waals surface area contributed by atoms with Crippen LogP contribution >= 0.6 is 24.2 Å². The highest BCUT2D eigenvalue weighted by Gasteiger charge is 2.33. The summed E-state index contributed by atoms with van der Waals surface area (Å²) in [7, 11) is 0. The number of hydrogen-bond donors (Lipinski definition) is 1. The molecule has 1 saturated heterocycles. The molecule has 1 aromatic carbocycles. The number of nitrogens with two attached hydrogens (primary N) is 1. The Hall–Kier alpha value is -0.710. The van der Waals surface area contributed by atoms with Crippen LogP contribution in [-0.2, 0) is 4.79 Å². The first-order valence-corrected chi connectivity index (χ1v) is 8.07. The zero-order valence-electron chi connectivity index (χ0n) is 12.9. The van der Waals surface area contributed by atoms with Crippen LogP contribution in [0.4, 0.5) is 0 Å². The van der Waals surface area contributed by atoms with Gasteiger partial charge >= 0.3 is 0 Å². The van der Waals surface area contributed by atoms with Gasteiger partial charge in [0.25, 0.3) is 0 Å². The minimum Gasteiger partial charge on any atom is -0.340 e. The van der Waals surface area contributed by atoms with Crippen molar-refractivity contribution in [3.63, 3.8) is 0 Å². The molecule has 1 aliphatic heterocycles. The number of nitrogens with zero attached hydrogens (tertiary/aromatic N) is 1. The summed E-state index contributed by atoms with van der Waals surface area (Å²) in [6.45, 7) is 7.81. The lowest BCUT2D eigenvalue weighted by Gasteiger charge is -2.21. The molecule has 5 heteroatoms. The number of amides is 1. The van der Waals surface area contributed by atoms with Crippen molar-refractivity contribution < 1.29 is 4.79 Å². The molecule has 21 heavy (non-hydrogen) atoms. The summed E-state index contributed by atoms with van der Waals surface area (Å²) in [6.07, 6.45) is 0. The molecule has 2 rings (SSSR count). The average Bonchev–Trinajstić information content (AvgIpc) is 2.78. The minimum atomic E-state index is 0. The van der Waals surface area contributed by atoms with E-state index in [4.69, 9.17) is 5.73 Å². The van der Waals surface area contributed by atoms with Gasteiger partial charge in [-0.1, -0.05) is 51.1 Å². The van der Waals surface area contributed by atoms with Crippen LogP contribution in [-0.4, -0.2) is 40.4 Å². The Labute approximate surface area is 138 Å². The van der Waals surface area contributed by atoms with E-state index >= 15 is 0 Å². The summed E-state index contributed by atoms with van der Waals surface area (Å²) in [5.74, 6) is 1.01. The fraction of sp³-hybridized carbons (Fsp3) is 0.562. The van der Waals surface area contributed by atoms with Gasteiger partial charge in [0.2, 0.25) is 5.91 Å². The van der Waals surface area contributed by atoms with E-state index in [2.05, 4.69) is 32.9 Å². The van der Waals surface area contributed by atoms with Crippen molar-refractivity contribution in [1.29, 1.82) is 0 Å². The van der Waals surface area contributed by atoms with E-state index in [-0.39, 0.29) is 35.0 Å². The van der Waals surface area contributed by atoms with Crippen LogP contribution in [0, 0.1) is 0 Å². The third-order valence-corrected chi connectivity index (χ3v) is 4.83. The molecule has 3 nitrogen and oxygen atoms in total. The standard InChI is InChI=1S/C16H24N2OS.ClH/c1-16(2,3)20-11-15(19)18-9-13(14(17)10-18)12-7-5-4-6-8-12;/h4-8,13-14H,9-11,17H2,1-3H3;1H/t13-,14+;/m0./s1. The second-order valence-corrected chi connectivity index (χ2v) is 8.18. The lowest BCUT2D eigenvalue weighted by atomic mass is 9.95. The molecule has 0 unspecified atom stereocenters. The monoisotopic (exact) mass is 328 g/mol. The first-order chi connectivity index (χ1) is 9.37. The molecule has 0 spiro atoms. The number of hydrogen-bond acceptors (Lipinski definition) is 3. The van der Waals surface area contributed by atoms with Crippen molar-refractivity contribution in [2.24, 2.45) is 5.73 Å². The van der Waals surface area contributed by atoms with Crippen LogP contribution in [0.5, 0.6) is 0 Å². The smallest absolute Gasteiger partial charge is 0.232 e. The highest BCUT2D eigenvalue weighted by Crippen LogP contribution is 2.28. The number of thioether (sulfide) groups is 1. The fourth-order valence-corrected chi connectivity index (χ4v) is 3.19. The highest BCUT2D eigenvalue weighted by atomic mass is 35.5. The SMILES string of the molecule is CC(C)(C)SCC(=O)N1C[C@@H](N)[C@H](c2ccccc2)C1.Cl. The van der Waals surface area contributed by atoms with E-state index in [9.17, 15) is 4.79 Å². The van der Waals surface area contributed by atoms with Gasteiger partial charge in [0.15, 0.2) is 0 Å². The Morgan fingerprint density at radius 1 is 1.29 bits per heavy atom. The second kappa shape index (κ2) is 7.52. The van der Waals surface area contributed by atoms with E-state index < -0.39 is 0 Å². The van der Waals surface area contributed by atoms with E-state index in [1.807, 2.05) is 23.1 Å². The molecule has 1 aromatic rings. The lowest BCUT2D eigenvalue weighted by Crippen LogP contribution is -2.34. The Morgan fingerprint density at radius 2 is 1.90 bits per heavy atom. The van der Waals surface area contributed by atoms with E-state index in [0.717, 1.165) is 6.54 Å².